The van der Waals surface area contributed by atoms with Crippen LogP contribution in [0.4, 0.5) is 0 Å². The van der Waals surface area contributed by atoms with Crippen molar-refractivity contribution in [3.8, 4) is 0 Å². The third-order valence-corrected chi connectivity index (χ3v) is 4.19. The van der Waals surface area contributed by atoms with E-state index < -0.39 is 0 Å². The fourth-order valence-electron chi connectivity index (χ4n) is 2.78. The fourth-order valence-corrected chi connectivity index (χ4v) is 2.78. The zero-order valence-corrected chi connectivity index (χ0v) is 11.1. The molecule has 0 radical (unpaired) electrons. The van der Waals surface area contributed by atoms with Gasteiger partial charge in [0.1, 0.15) is 0 Å². The molecule has 0 aromatic rings. The van der Waals surface area contributed by atoms with Gasteiger partial charge in [-0.25, -0.2) is 0 Å². The summed E-state index contributed by atoms with van der Waals surface area (Å²) in [5, 5.41) is 3.59. The third kappa shape index (κ3) is 3.74. The summed E-state index contributed by atoms with van der Waals surface area (Å²) in [6.07, 6.45) is 9.77. The molecule has 0 aromatic heterocycles. The van der Waals surface area contributed by atoms with Gasteiger partial charge in [-0.1, -0.05) is 6.42 Å². The lowest BCUT2D eigenvalue weighted by Gasteiger charge is -2.31. The van der Waals surface area contributed by atoms with E-state index in [0.717, 1.165) is 6.04 Å². The molecule has 0 bridgehead atoms. The van der Waals surface area contributed by atoms with Crippen LogP contribution in [0, 0.1) is 0 Å². The average Bonchev–Trinajstić information content (AvgIpc) is 2.98. The molecule has 1 aliphatic carbocycles. The molecule has 94 valence electrons. The van der Waals surface area contributed by atoms with Crippen molar-refractivity contribution in [3.63, 3.8) is 0 Å². The minimum absolute atomic E-state index is 0.478. The molecule has 0 atom stereocenters. The predicted octanol–water partition coefficient (Wildman–Crippen LogP) is 2.78. The van der Waals surface area contributed by atoms with Crippen LogP contribution in [0.25, 0.3) is 0 Å². The number of likely N-dealkylation sites (tertiary alicyclic amines) is 1. The summed E-state index contributed by atoms with van der Waals surface area (Å²) in [7, 11) is 0. The molecule has 2 heteroatoms. The monoisotopic (exact) mass is 224 g/mol. The summed E-state index contributed by atoms with van der Waals surface area (Å²) in [6.45, 7) is 8.68. The van der Waals surface area contributed by atoms with Crippen LogP contribution >= 0.6 is 0 Å². The summed E-state index contributed by atoms with van der Waals surface area (Å²) in [5.41, 5.74) is 0.478. The Labute approximate surface area is 101 Å². The summed E-state index contributed by atoms with van der Waals surface area (Å²) in [5.74, 6) is 0. The van der Waals surface area contributed by atoms with Gasteiger partial charge in [-0.2, -0.15) is 0 Å². The Balaban J connectivity index is 1.47. The molecule has 0 spiro atoms. The molecular formula is C14H28N2. The maximum Gasteiger partial charge on any atom is 0.0153 e. The van der Waals surface area contributed by atoms with E-state index in [1.807, 2.05) is 0 Å². The number of nitrogens with zero attached hydrogens (tertiary/aromatic N) is 1. The first-order chi connectivity index (χ1) is 7.68. The van der Waals surface area contributed by atoms with Crippen LogP contribution < -0.4 is 5.32 Å². The summed E-state index contributed by atoms with van der Waals surface area (Å²) < 4.78 is 0. The quantitative estimate of drug-likeness (QED) is 0.669. The van der Waals surface area contributed by atoms with Gasteiger partial charge in [-0.05, 0) is 72.0 Å². The topological polar surface area (TPSA) is 15.3 Å². The maximum absolute atomic E-state index is 3.59. The van der Waals surface area contributed by atoms with Crippen molar-refractivity contribution in [2.75, 3.05) is 19.6 Å². The smallest absolute Gasteiger partial charge is 0.0153 e. The number of hydrogen-bond donors (Lipinski definition) is 1. The van der Waals surface area contributed by atoms with Crippen molar-refractivity contribution >= 4 is 0 Å². The molecular weight excluding hydrogens is 196 g/mol. The van der Waals surface area contributed by atoms with Gasteiger partial charge in [0.25, 0.3) is 0 Å². The minimum atomic E-state index is 0.478. The van der Waals surface area contributed by atoms with Crippen molar-refractivity contribution < 1.29 is 0 Å². The summed E-state index contributed by atoms with van der Waals surface area (Å²) in [4.78, 5) is 2.68. The summed E-state index contributed by atoms with van der Waals surface area (Å²) in [6, 6.07) is 0.887. The van der Waals surface area contributed by atoms with Crippen LogP contribution in [-0.2, 0) is 0 Å². The Morgan fingerprint density at radius 3 is 2.62 bits per heavy atom. The van der Waals surface area contributed by atoms with Gasteiger partial charge < -0.3 is 5.32 Å². The molecule has 1 N–H and O–H groups in total. The second kappa shape index (κ2) is 5.50. The highest BCUT2D eigenvalue weighted by Crippen LogP contribution is 2.28. The highest BCUT2D eigenvalue weighted by Gasteiger charge is 2.30. The highest BCUT2D eigenvalue weighted by molar-refractivity contribution is 4.87. The molecule has 2 nitrogen and oxygen atoms in total. The Morgan fingerprint density at radius 2 is 2.00 bits per heavy atom. The van der Waals surface area contributed by atoms with Crippen molar-refractivity contribution in [3.05, 3.63) is 0 Å². The molecule has 2 rings (SSSR count). The second-order valence-electron chi connectivity index (χ2n) is 6.19. The fraction of sp³-hybridized carbons (Fsp3) is 1.00. The SMILES string of the molecule is CC1(C)CCCN1CCCCCNC1CC1. The Morgan fingerprint density at radius 1 is 1.19 bits per heavy atom. The van der Waals surface area contributed by atoms with Crippen LogP contribution in [0.15, 0.2) is 0 Å². The lowest BCUT2D eigenvalue weighted by molar-refractivity contribution is 0.171. The third-order valence-electron chi connectivity index (χ3n) is 4.19. The van der Waals surface area contributed by atoms with Gasteiger partial charge >= 0.3 is 0 Å². The zero-order valence-electron chi connectivity index (χ0n) is 11.1. The molecule has 0 amide bonds. The van der Waals surface area contributed by atoms with Crippen molar-refractivity contribution in [2.24, 2.45) is 0 Å². The van der Waals surface area contributed by atoms with Crippen molar-refractivity contribution in [2.45, 2.75) is 70.4 Å². The Hall–Kier alpha value is -0.0800. The number of unbranched alkanes of at least 4 members (excludes halogenated alkanes) is 2. The maximum atomic E-state index is 3.59. The van der Waals surface area contributed by atoms with Crippen molar-refractivity contribution in [1.29, 1.82) is 0 Å². The van der Waals surface area contributed by atoms with Gasteiger partial charge in [-0.15, -0.1) is 0 Å². The zero-order chi connectivity index (χ0) is 11.4. The van der Waals surface area contributed by atoms with Gasteiger partial charge in [0.2, 0.25) is 0 Å². The van der Waals surface area contributed by atoms with E-state index in [2.05, 4.69) is 24.1 Å². The minimum Gasteiger partial charge on any atom is -0.314 e. The first-order valence-corrected chi connectivity index (χ1v) is 7.17. The molecule has 16 heavy (non-hydrogen) atoms. The molecule has 0 unspecified atom stereocenters. The largest absolute Gasteiger partial charge is 0.314 e. The van der Waals surface area contributed by atoms with E-state index in [0.29, 0.717) is 5.54 Å². The van der Waals surface area contributed by atoms with Crippen LogP contribution in [0.1, 0.15) is 58.8 Å². The molecule has 1 saturated heterocycles. The molecule has 1 saturated carbocycles. The van der Waals surface area contributed by atoms with Gasteiger partial charge in [0.15, 0.2) is 0 Å². The first-order valence-electron chi connectivity index (χ1n) is 7.17. The van der Waals surface area contributed by atoms with Crippen molar-refractivity contribution in [1.82, 2.24) is 10.2 Å². The van der Waals surface area contributed by atoms with Crippen LogP contribution in [0.5, 0.6) is 0 Å². The van der Waals surface area contributed by atoms with E-state index in [1.165, 1.54) is 64.6 Å². The molecule has 2 aliphatic rings. The lowest BCUT2D eigenvalue weighted by atomic mass is 10.0. The second-order valence-corrected chi connectivity index (χ2v) is 6.19. The molecule has 1 heterocycles. The summed E-state index contributed by atoms with van der Waals surface area (Å²) >= 11 is 0. The van der Waals surface area contributed by atoms with Crippen LogP contribution in [-0.4, -0.2) is 36.1 Å². The number of hydrogen-bond acceptors (Lipinski definition) is 2. The molecule has 1 aliphatic heterocycles. The highest BCUT2D eigenvalue weighted by atomic mass is 15.2. The molecule has 2 fully saturated rings. The van der Waals surface area contributed by atoms with Crippen LogP contribution in [0.2, 0.25) is 0 Å². The van der Waals surface area contributed by atoms with E-state index in [4.69, 9.17) is 0 Å². The molecule has 0 aromatic carbocycles. The van der Waals surface area contributed by atoms with E-state index in [9.17, 15) is 0 Å². The normalized spacial score (nSPS) is 25.1. The number of rotatable bonds is 7. The van der Waals surface area contributed by atoms with Crippen LogP contribution in [0.3, 0.4) is 0 Å². The Bertz CT molecular complexity index is 209. The van der Waals surface area contributed by atoms with Gasteiger partial charge in [0.05, 0.1) is 0 Å². The standard InChI is InChI=1S/C14H28N2/c1-14(2)9-6-12-16(14)11-5-3-4-10-15-13-7-8-13/h13,15H,3-12H2,1-2H3. The van der Waals surface area contributed by atoms with E-state index in [1.54, 1.807) is 0 Å². The first kappa shape index (κ1) is 12.4. The van der Waals surface area contributed by atoms with Gasteiger partial charge in [-0.3, -0.25) is 4.90 Å². The predicted molar refractivity (Wildman–Crippen MR) is 69.8 cm³/mol. The number of nitrogens with one attached hydrogen (secondary N) is 1. The van der Waals surface area contributed by atoms with E-state index >= 15 is 0 Å². The van der Waals surface area contributed by atoms with E-state index in [-0.39, 0.29) is 0 Å². The lowest BCUT2D eigenvalue weighted by Crippen LogP contribution is -2.38. The van der Waals surface area contributed by atoms with Gasteiger partial charge in [0, 0.05) is 11.6 Å². The Kier molecular flexibility index (Phi) is 4.26. The average molecular weight is 224 g/mol.